The number of carbonyl (C=O) groups is 1. The highest BCUT2D eigenvalue weighted by molar-refractivity contribution is 5.75. The molecule has 0 radical (unpaired) electrons. The van der Waals surface area contributed by atoms with E-state index in [1.54, 1.807) is 0 Å². The molecule has 2 aliphatic heterocycles. The van der Waals surface area contributed by atoms with Gasteiger partial charge in [0.25, 0.3) is 0 Å². The number of piperidine rings is 1. The number of carbonyl (C=O) groups excluding carboxylic acids is 1. The van der Waals surface area contributed by atoms with Crippen LogP contribution in [0.25, 0.3) is 0 Å². The summed E-state index contributed by atoms with van der Waals surface area (Å²) in [7, 11) is 0. The highest BCUT2D eigenvalue weighted by Gasteiger charge is 2.26. The van der Waals surface area contributed by atoms with Gasteiger partial charge in [-0.15, -0.1) is 0 Å². The maximum absolute atomic E-state index is 10.9. The van der Waals surface area contributed by atoms with Crippen LogP contribution in [-0.2, 0) is 9.53 Å². The van der Waals surface area contributed by atoms with Gasteiger partial charge in [0.05, 0.1) is 12.6 Å². The molecular formula is C15H29N3O2. The van der Waals surface area contributed by atoms with E-state index in [1.807, 2.05) is 0 Å². The van der Waals surface area contributed by atoms with Crippen LogP contribution in [0.4, 0.5) is 0 Å². The van der Waals surface area contributed by atoms with E-state index in [4.69, 9.17) is 10.5 Å². The van der Waals surface area contributed by atoms with E-state index in [2.05, 4.69) is 17.1 Å². The standard InChI is InChI=1S/C15H29N3O2/c1-2-3-14-10-13(6-9-20-14)17-12-4-7-18(8-5-12)11-15(16)19/h12-14,17H,2-11H2,1H3,(H2,16,19). The van der Waals surface area contributed by atoms with Crippen molar-refractivity contribution >= 4 is 5.91 Å². The van der Waals surface area contributed by atoms with E-state index in [0.29, 0.717) is 24.7 Å². The van der Waals surface area contributed by atoms with Crippen molar-refractivity contribution in [3.05, 3.63) is 0 Å². The summed E-state index contributed by atoms with van der Waals surface area (Å²) >= 11 is 0. The summed E-state index contributed by atoms with van der Waals surface area (Å²) in [5.74, 6) is -0.219. The zero-order valence-electron chi connectivity index (χ0n) is 12.6. The van der Waals surface area contributed by atoms with Crippen molar-refractivity contribution in [1.29, 1.82) is 0 Å². The molecule has 2 unspecified atom stereocenters. The number of hydrogen-bond donors (Lipinski definition) is 2. The number of rotatable bonds is 6. The van der Waals surface area contributed by atoms with Gasteiger partial charge >= 0.3 is 0 Å². The van der Waals surface area contributed by atoms with E-state index in [-0.39, 0.29) is 5.91 Å². The molecule has 0 aliphatic carbocycles. The van der Waals surface area contributed by atoms with Crippen molar-refractivity contribution in [2.24, 2.45) is 5.73 Å². The van der Waals surface area contributed by atoms with Crippen LogP contribution < -0.4 is 11.1 Å². The molecule has 0 aromatic rings. The first-order chi connectivity index (χ1) is 9.67. The summed E-state index contributed by atoms with van der Waals surface area (Å²) in [6.45, 7) is 5.46. The van der Waals surface area contributed by atoms with Gasteiger partial charge in [-0.05, 0) is 32.1 Å². The molecule has 2 atom stereocenters. The Kier molecular flexibility index (Phi) is 6.26. The predicted molar refractivity (Wildman–Crippen MR) is 79.5 cm³/mol. The van der Waals surface area contributed by atoms with Gasteiger partial charge in [-0.25, -0.2) is 0 Å². The van der Waals surface area contributed by atoms with Gasteiger partial charge in [0.2, 0.25) is 5.91 Å². The molecule has 0 saturated carbocycles. The van der Waals surface area contributed by atoms with E-state index in [9.17, 15) is 4.79 Å². The number of nitrogens with one attached hydrogen (secondary N) is 1. The molecule has 116 valence electrons. The summed E-state index contributed by atoms with van der Waals surface area (Å²) in [5.41, 5.74) is 5.24. The van der Waals surface area contributed by atoms with Crippen LogP contribution in [0.1, 0.15) is 45.4 Å². The average molecular weight is 283 g/mol. The first kappa shape index (κ1) is 15.7. The van der Waals surface area contributed by atoms with E-state index < -0.39 is 0 Å². The molecule has 20 heavy (non-hydrogen) atoms. The van der Waals surface area contributed by atoms with Crippen molar-refractivity contribution < 1.29 is 9.53 Å². The second-order valence-electron chi connectivity index (χ2n) is 6.19. The molecule has 0 bridgehead atoms. The van der Waals surface area contributed by atoms with Crippen molar-refractivity contribution in [3.63, 3.8) is 0 Å². The van der Waals surface area contributed by atoms with Crippen LogP contribution in [0.15, 0.2) is 0 Å². The molecule has 5 heteroatoms. The number of nitrogens with zero attached hydrogens (tertiary/aromatic N) is 1. The second-order valence-corrected chi connectivity index (χ2v) is 6.19. The molecule has 2 rings (SSSR count). The lowest BCUT2D eigenvalue weighted by atomic mass is 9.97. The van der Waals surface area contributed by atoms with Crippen molar-refractivity contribution in [3.8, 4) is 0 Å². The van der Waals surface area contributed by atoms with Crippen LogP contribution in [0.5, 0.6) is 0 Å². The van der Waals surface area contributed by atoms with Crippen LogP contribution in [-0.4, -0.2) is 55.2 Å². The molecule has 2 saturated heterocycles. The molecular weight excluding hydrogens is 254 g/mol. The highest BCUT2D eigenvalue weighted by atomic mass is 16.5. The minimum Gasteiger partial charge on any atom is -0.378 e. The topological polar surface area (TPSA) is 67.6 Å². The number of amides is 1. The van der Waals surface area contributed by atoms with Gasteiger partial charge in [-0.2, -0.15) is 0 Å². The quantitative estimate of drug-likeness (QED) is 0.759. The minimum atomic E-state index is -0.219. The third-order valence-corrected chi connectivity index (χ3v) is 4.42. The van der Waals surface area contributed by atoms with Gasteiger partial charge in [0.1, 0.15) is 0 Å². The van der Waals surface area contributed by atoms with Gasteiger partial charge in [-0.3, -0.25) is 9.69 Å². The van der Waals surface area contributed by atoms with Crippen molar-refractivity contribution in [2.75, 3.05) is 26.2 Å². The predicted octanol–water partition coefficient (Wildman–Crippen LogP) is 0.873. The van der Waals surface area contributed by atoms with Crippen LogP contribution >= 0.6 is 0 Å². The van der Waals surface area contributed by atoms with Crippen LogP contribution in [0, 0.1) is 0 Å². The van der Waals surface area contributed by atoms with Crippen molar-refractivity contribution in [1.82, 2.24) is 10.2 Å². The Bertz CT molecular complexity index is 301. The smallest absolute Gasteiger partial charge is 0.231 e. The zero-order chi connectivity index (χ0) is 14.4. The fraction of sp³-hybridized carbons (Fsp3) is 0.933. The Morgan fingerprint density at radius 2 is 2.05 bits per heavy atom. The first-order valence-electron chi connectivity index (χ1n) is 8.05. The van der Waals surface area contributed by atoms with Gasteiger partial charge < -0.3 is 15.8 Å². The van der Waals surface area contributed by atoms with Crippen molar-refractivity contribution in [2.45, 2.75) is 63.6 Å². The molecule has 0 spiro atoms. The normalized spacial score (nSPS) is 29.4. The third-order valence-electron chi connectivity index (χ3n) is 4.42. The lowest BCUT2D eigenvalue weighted by molar-refractivity contribution is -0.119. The molecule has 3 N–H and O–H groups in total. The minimum absolute atomic E-state index is 0.219. The SMILES string of the molecule is CCCC1CC(NC2CCN(CC(N)=O)CC2)CCO1. The summed E-state index contributed by atoms with van der Waals surface area (Å²) in [6.07, 6.45) is 7.32. The number of ether oxygens (including phenoxy) is 1. The Labute approximate surface area is 122 Å². The summed E-state index contributed by atoms with van der Waals surface area (Å²) in [4.78, 5) is 13.1. The monoisotopic (exact) mass is 283 g/mol. The molecule has 2 aliphatic rings. The second kappa shape index (κ2) is 7.96. The largest absolute Gasteiger partial charge is 0.378 e. The van der Waals surface area contributed by atoms with Gasteiger partial charge in [0, 0.05) is 31.8 Å². The first-order valence-corrected chi connectivity index (χ1v) is 8.05. The Balaban J connectivity index is 1.68. The summed E-state index contributed by atoms with van der Waals surface area (Å²) < 4.78 is 5.80. The average Bonchev–Trinajstić information content (AvgIpc) is 2.41. The summed E-state index contributed by atoms with van der Waals surface area (Å²) in [6, 6.07) is 1.19. The third kappa shape index (κ3) is 5.04. The molecule has 1 amide bonds. The van der Waals surface area contributed by atoms with E-state index >= 15 is 0 Å². The molecule has 0 aromatic heterocycles. The fourth-order valence-electron chi connectivity index (χ4n) is 3.37. The maximum Gasteiger partial charge on any atom is 0.231 e. The van der Waals surface area contributed by atoms with Gasteiger partial charge in [0.15, 0.2) is 0 Å². The Hall–Kier alpha value is -0.650. The summed E-state index contributed by atoms with van der Waals surface area (Å²) in [5, 5.41) is 3.80. The lowest BCUT2D eigenvalue weighted by Crippen LogP contribution is -2.49. The molecule has 2 fully saturated rings. The maximum atomic E-state index is 10.9. The molecule has 2 heterocycles. The van der Waals surface area contributed by atoms with Crippen LogP contribution in [0.2, 0.25) is 0 Å². The fourth-order valence-corrected chi connectivity index (χ4v) is 3.37. The lowest BCUT2D eigenvalue weighted by Gasteiger charge is -2.36. The van der Waals surface area contributed by atoms with E-state index in [1.165, 1.54) is 12.8 Å². The Morgan fingerprint density at radius 1 is 1.30 bits per heavy atom. The zero-order valence-corrected chi connectivity index (χ0v) is 12.6. The van der Waals surface area contributed by atoms with E-state index in [0.717, 1.165) is 45.4 Å². The van der Waals surface area contributed by atoms with Crippen LogP contribution in [0.3, 0.4) is 0 Å². The number of nitrogens with two attached hydrogens (primary N) is 1. The highest BCUT2D eigenvalue weighted by Crippen LogP contribution is 2.20. The molecule has 5 nitrogen and oxygen atoms in total. The van der Waals surface area contributed by atoms with Gasteiger partial charge in [-0.1, -0.05) is 13.3 Å². The Morgan fingerprint density at radius 3 is 2.70 bits per heavy atom. The number of primary amides is 1. The number of likely N-dealkylation sites (tertiary alicyclic amines) is 1. The molecule has 0 aromatic carbocycles. The number of hydrogen-bond acceptors (Lipinski definition) is 4.